The molecular formula is C13H18BF2NO2. The van der Waals surface area contributed by atoms with Gasteiger partial charge in [-0.05, 0) is 40.2 Å². The van der Waals surface area contributed by atoms with Gasteiger partial charge < -0.3 is 9.31 Å². The molecule has 0 aliphatic carbocycles. The van der Waals surface area contributed by atoms with E-state index in [-0.39, 0.29) is 5.56 Å². The molecule has 1 saturated heterocycles. The van der Waals surface area contributed by atoms with Crippen LogP contribution in [0.15, 0.2) is 12.4 Å². The Morgan fingerprint density at radius 2 is 1.63 bits per heavy atom. The Bertz CT molecular complexity index is 476. The summed E-state index contributed by atoms with van der Waals surface area (Å²) in [4.78, 5) is 3.87. The van der Waals surface area contributed by atoms with Gasteiger partial charge in [0.15, 0.2) is 0 Å². The monoisotopic (exact) mass is 269 g/mol. The van der Waals surface area contributed by atoms with Crippen molar-refractivity contribution < 1.29 is 18.1 Å². The third kappa shape index (κ3) is 2.39. The molecule has 2 rings (SSSR count). The average molecular weight is 269 g/mol. The topological polar surface area (TPSA) is 31.4 Å². The Morgan fingerprint density at radius 3 is 2.11 bits per heavy atom. The van der Waals surface area contributed by atoms with Crippen molar-refractivity contribution in [2.45, 2.75) is 52.2 Å². The molecule has 1 aliphatic heterocycles. The molecule has 0 aromatic carbocycles. The molecule has 6 heteroatoms. The average Bonchev–Trinajstić information content (AvgIpc) is 2.47. The van der Waals surface area contributed by atoms with Crippen LogP contribution in [0.25, 0.3) is 0 Å². The van der Waals surface area contributed by atoms with Crippen molar-refractivity contribution >= 4 is 12.6 Å². The first-order valence-corrected chi connectivity index (χ1v) is 6.24. The fraction of sp³-hybridized carbons (Fsp3) is 0.615. The van der Waals surface area contributed by atoms with Crippen molar-refractivity contribution in [3.8, 4) is 0 Å². The summed E-state index contributed by atoms with van der Waals surface area (Å²) in [6, 6.07) is 0. The SMILES string of the molecule is Cc1c(B2OC(C)(C)C(C)(C)O2)cncc1C(F)F. The number of halogens is 2. The highest BCUT2D eigenvalue weighted by Crippen LogP contribution is 2.37. The molecule has 104 valence electrons. The van der Waals surface area contributed by atoms with Gasteiger partial charge in [0.1, 0.15) is 0 Å². The Morgan fingerprint density at radius 1 is 1.11 bits per heavy atom. The third-order valence-electron chi connectivity index (χ3n) is 4.04. The largest absolute Gasteiger partial charge is 0.496 e. The molecule has 2 heterocycles. The van der Waals surface area contributed by atoms with Crippen molar-refractivity contribution in [3.05, 3.63) is 23.5 Å². The molecule has 0 atom stereocenters. The predicted molar refractivity (Wildman–Crippen MR) is 69.6 cm³/mol. The molecule has 0 bridgehead atoms. The molecule has 0 unspecified atom stereocenters. The van der Waals surface area contributed by atoms with Crippen LogP contribution in [-0.2, 0) is 9.31 Å². The van der Waals surface area contributed by atoms with Crippen LogP contribution in [0.1, 0.15) is 45.2 Å². The zero-order valence-electron chi connectivity index (χ0n) is 11.8. The van der Waals surface area contributed by atoms with Gasteiger partial charge in [-0.25, -0.2) is 8.78 Å². The van der Waals surface area contributed by atoms with Crippen LogP contribution in [0.5, 0.6) is 0 Å². The van der Waals surface area contributed by atoms with Gasteiger partial charge in [-0.2, -0.15) is 0 Å². The summed E-state index contributed by atoms with van der Waals surface area (Å²) in [5, 5.41) is 0. The molecule has 1 fully saturated rings. The van der Waals surface area contributed by atoms with Crippen LogP contribution in [0.4, 0.5) is 8.78 Å². The summed E-state index contributed by atoms with van der Waals surface area (Å²) >= 11 is 0. The highest BCUT2D eigenvalue weighted by Gasteiger charge is 2.52. The molecule has 3 nitrogen and oxygen atoms in total. The lowest BCUT2D eigenvalue weighted by molar-refractivity contribution is 0.00578. The molecule has 0 spiro atoms. The number of hydrogen-bond donors (Lipinski definition) is 0. The summed E-state index contributed by atoms with van der Waals surface area (Å²) in [6.45, 7) is 9.34. The fourth-order valence-electron chi connectivity index (χ4n) is 1.99. The summed E-state index contributed by atoms with van der Waals surface area (Å²) in [5.41, 5.74) is -0.0252. The quantitative estimate of drug-likeness (QED) is 0.773. The number of nitrogens with zero attached hydrogens (tertiary/aromatic N) is 1. The Kier molecular flexibility index (Phi) is 3.43. The molecular weight excluding hydrogens is 251 g/mol. The van der Waals surface area contributed by atoms with Crippen LogP contribution in [-0.4, -0.2) is 23.3 Å². The van der Waals surface area contributed by atoms with E-state index in [2.05, 4.69) is 4.98 Å². The van der Waals surface area contributed by atoms with Crippen molar-refractivity contribution in [2.24, 2.45) is 0 Å². The smallest absolute Gasteiger partial charge is 0.399 e. The number of rotatable bonds is 2. The van der Waals surface area contributed by atoms with Gasteiger partial charge in [0.25, 0.3) is 6.43 Å². The third-order valence-corrected chi connectivity index (χ3v) is 4.04. The first-order valence-electron chi connectivity index (χ1n) is 6.24. The maximum absolute atomic E-state index is 12.9. The molecule has 1 aromatic heterocycles. The second-order valence-electron chi connectivity index (χ2n) is 5.83. The number of alkyl halides is 2. The second-order valence-corrected chi connectivity index (χ2v) is 5.83. The summed E-state index contributed by atoms with van der Waals surface area (Å²) in [6.07, 6.45) is 0.174. The Balaban J connectivity index is 2.38. The van der Waals surface area contributed by atoms with Gasteiger partial charge in [0, 0.05) is 23.4 Å². The van der Waals surface area contributed by atoms with Gasteiger partial charge in [0.2, 0.25) is 0 Å². The van der Waals surface area contributed by atoms with E-state index < -0.39 is 24.7 Å². The van der Waals surface area contributed by atoms with Crippen molar-refractivity contribution in [1.29, 1.82) is 0 Å². The van der Waals surface area contributed by atoms with E-state index in [4.69, 9.17) is 9.31 Å². The van der Waals surface area contributed by atoms with E-state index >= 15 is 0 Å². The van der Waals surface area contributed by atoms with E-state index in [9.17, 15) is 8.78 Å². The van der Waals surface area contributed by atoms with Gasteiger partial charge in [0.05, 0.1) is 11.2 Å². The normalized spacial score (nSPS) is 21.2. The van der Waals surface area contributed by atoms with Crippen LogP contribution in [0, 0.1) is 6.92 Å². The van der Waals surface area contributed by atoms with Gasteiger partial charge in [-0.3, -0.25) is 4.98 Å². The highest BCUT2D eigenvalue weighted by atomic mass is 19.3. The maximum Gasteiger partial charge on any atom is 0.496 e. The number of aromatic nitrogens is 1. The first kappa shape index (κ1) is 14.4. The van der Waals surface area contributed by atoms with Crippen molar-refractivity contribution in [1.82, 2.24) is 4.98 Å². The molecule has 1 aromatic rings. The van der Waals surface area contributed by atoms with E-state index in [1.54, 1.807) is 6.92 Å². The van der Waals surface area contributed by atoms with E-state index in [1.165, 1.54) is 12.4 Å². The van der Waals surface area contributed by atoms with Crippen LogP contribution >= 0.6 is 0 Å². The highest BCUT2D eigenvalue weighted by molar-refractivity contribution is 6.62. The minimum atomic E-state index is -2.55. The summed E-state index contributed by atoms with van der Waals surface area (Å²) in [7, 11) is -0.656. The predicted octanol–water partition coefficient (Wildman–Crippen LogP) is 2.63. The van der Waals surface area contributed by atoms with E-state index in [1.807, 2.05) is 27.7 Å². The van der Waals surface area contributed by atoms with Gasteiger partial charge in [-0.1, -0.05) is 0 Å². The zero-order chi connectivity index (χ0) is 14.4. The lowest BCUT2D eigenvalue weighted by Gasteiger charge is -2.32. The van der Waals surface area contributed by atoms with Gasteiger partial charge >= 0.3 is 7.12 Å². The van der Waals surface area contributed by atoms with E-state index in [0.717, 1.165) is 0 Å². The van der Waals surface area contributed by atoms with Crippen LogP contribution < -0.4 is 5.46 Å². The van der Waals surface area contributed by atoms with Crippen molar-refractivity contribution in [2.75, 3.05) is 0 Å². The van der Waals surface area contributed by atoms with Crippen molar-refractivity contribution in [3.63, 3.8) is 0 Å². The summed E-state index contributed by atoms with van der Waals surface area (Å²) < 4.78 is 37.5. The molecule has 1 aliphatic rings. The van der Waals surface area contributed by atoms with Crippen LogP contribution in [0.3, 0.4) is 0 Å². The number of hydrogen-bond acceptors (Lipinski definition) is 3. The fourth-order valence-corrected chi connectivity index (χ4v) is 1.99. The van der Waals surface area contributed by atoms with Gasteiger partial charge in [-0.15, -0.1) is 0 Å². The molecule has 19 heavy (non-hydrogen) atoms. The molecule has 0 N–H and O–H groups in total. The zero-order valence-corrected chi connectivity index (χ0v) is 11.8. The Hall–Kier alpha value is -1.01. The standard InChI is InChI=1S/C13H18BF2NO2/c1-8-9(11(15)16)6-17-7-10(8)14-18-12(2,3)13(4,5)19-14/h6-7,11H,1-5H3. The van der Waals surface area contributed by atoms with Crippen LogP contribution in [0.2, 0.25) is 0 Å². The maximum atomic E-state index is 12.9. The second kappa shape index (κ2) is 4.53. The molecule has 0 radical (unpaired) electrons. The molecule has 0 amide bonds. The minimum absolute atomic E-state index is 0.0767. The first-order chi connectivity index (χ1) is 8.66. The minimum Gasteiger partial charge on any atom is -0.399 e. The lowest BCUT2D eigenvalue weighted by Crippen LogP contribution is -2.41. The molecule has 0 saturated carbocycles. The Labute approximate surface area is 112 Å². The van der Waals surface area contributed by atoms with E-state index in [0.29, 0.717) is 11.0 Å². The lowest BCUT2D eigenvalue weighted by atomic mass is 9.76. The number of pyridine rings is 1. The summed E-state index contributed by atoms with van der Waals surface area (Å²) in [5.74, 6) is 0.